The first-order valence-corrected chi connectivity index (χ1v) is 7.02. The molecule has 0 bridgehead atoms. The van der Waals surface area contributed by atoms with Crippen LogP contribution in [0.15, 0.2) is 46.9 Å². The summed E-state index contributed by atoms with van der Waals surface area (Å²) in [7, 11) is 0. The van der Waals surface area contributed by atoms with E-state index in [2.05, 4.69) is 15.9 Å². The van der Waals surface area contributed by atoms with Gasteiger partial charge in [-0.25, -0.2) is 0 Å². The average Bonchev–Trinajstić information content (AvgIpc) is 2.36. The molecule has 2 rings (SSSR count). The predicted molar refractivity (Wildman–Crippen MR) is 82.4 cm³/mol. The number of hydrogen-bond acceptors (Lipinski definition) is 2. The maximum Gasteiger partial charge on any atom is 0.141 e. The zero-order chi connectivity index (χ0) is 13.8. The van der Waals surface area contributed by atoms with Gasteiger partial charge in [-0.1, -0.05) is 45.7 Å². The highest BCUT2D eigenvalue weighted by molar-refractivity contribution is 9.10. The second kappa shape index (κ2) is 6.22. The largest absolute Gasteiger partial charge is 0.399 e. The number of halogens is 2. The van der Waals surface area contributed by atoms with Crippen LogP contribution in [-0.4, -0.2) is 5.78 Å². The maximum absolute atomic E-state index is 12.0. The Morgan fingerprint density at radius 1 is 1.11 bits per heavy atom. The third-order valence-electron chi connectivity index (χ3n) is 2.78. The summed E-state index contributed by atoms with van der Waals surface area (Å²) < 4.78 is 0.909. The molecule has 0 aliphatic heterocycles. The van der Waals surface area contributed by atoms with Crippen LogP contribution in [-0.2, 0) is 17.6 Å². The van der Waals surface area contributed by atoms with Crippen LogP contribution in [0.3, 0.4) is 0 Å². The van der Waals surface area contributed by atoms with Crippen molar-refractivity contribution in [3.05, 3.63) is 63.1 Å². The topological polar surface area (TPSA) is 43.1 Å². The quantitative estimate of drug-likeness (QED) is 0.855. The van der Waals surface area contributed by atoms with Crippen LogP contribution < -0.4 is 5.73 Å². The van der Waals surface area contributed by atoms with Crippen LogP contribution in [0.1, 0.15) is 11.1 Å². The average molecular weight is 339 g/mol. The lowest BCUT2D eigenvalue weighted by Crippen LogP contribution is -2.07. The van der Waals surface area contributed by atoms with E-state index in [9.17, 15) is 4.79 Å². The molecule has 0 saturated heterocycles. The maximum atomic E-state index is 12.0. The number of ketones is 1. The van der Waals surface area contributed by atoms with E-state index in [4.69, 9.17) is 17.3 Å². The minimum absolute atomic E-state index is 0.133. The molecule has 0 atom stereocenters. The third kappa shape index (κ3) is 4.08. The summed E-state index contributed by atoms with van der Waals surface area (Å²) >= 11 is 9.44. The van der Waals surface area contributed by atoms with Crippen LogP contribution >= 0.6 is 27.5 Å². The zero-order valence-electron chi connectivity index (χ0n) is 10.2. The molecular weight excluding hydrogens is 326 g/mol. The van der Waals surface area contributed by atoms with Gasteiger partial charge >= 0.3 is 0 Å². The molecule has 4 heteroatoms. The Kier molecular flexibility index (Phi) is 4.61. The fourth-order valence-electron chi connectivity index (χ4n) is 1.80. The molecule has 0 unspecified atom stereocenters. The van der Waals surface area contributed by atoms with Crippen molar-refractivity contribution in [1.29, 1.82) is 0 Å². The highest BCUT2D eigenvalue weighted by atomic mass is 79.9. The minimum Gasteiger partial charge on any atom is -0.399 e. The van der Waals surface area contributed by atoms with Gasteiger partial charge in [-0.3, -0.25) is 4.79 Å². The highest BCUT2D eigenvalue weighted by Crippen LogP contribution is 2.22. The first-order chi connectivity index (χ1) is 9.04. The van der Waals surface area contributed by atoms with Crippen molar-refractivity contribution in [3.63, 3.8) is 0 Å². The molecule has 2 nitrogen and oxygen atoms in total. The number of benzene rings is 2. The number of carbonyl (C=O) groups is 1. The molecule has 19 heavy (non-hydrogen) atoms. The van der Waals surface area contributed by atoms with Gasteiger partial charge in [0.05, 0.1) is 0 Å². The molecule has 0 amide bonds. The molecule has 0 aromatic heterocycles. The number of nitrogen functional groups attached to an aromatic ring is 1. The molecule has 0 radical (unpaired) electrons. The van der Waals surface area contributed by atoms with E-state index >= 15 is 0 Å². The summed E-state index contributed by atoms with van der Waals surface area (Å²) in [5.74, 6) is 0.133. The lowest BCUT2D eigenvalue weighted by molar-refractivity contribution is -0.117. The van der Waals surface area contributed by atoms with Crippen molar-refractivity contribution >= 4 is 39.0 Å². The Morgan fingerprint density at radius 3 is 2.42 bits per heavy atom. The highest BCUT2D eigenvalue weighted by Gasteiger charge is 2.08. The number of hydrogen-bond donors (Lipinski definition) is 1. The van der Waals surface area contributed by atoms with E-state index in [-0.39, 0.29) is 5.78 Å². The molecule has 2 N–H and O–H groups in total. The fraction of sp³-hybridized carbons (Fsp3) is 0.133. The van der Waals surface area contributed by atoms with Crippen molar-refractivity contribution in [1.82, 2.24) is 0 Å². The number of carbonyl (C=O) groups excluding carboxylic acids is 1. The lowest BCUT2D eigenvalue weighted by atomic mass is 10.0. The summed E-state index contributed by atoms with van der Waals surface area (Å²) in [5, 5.41) is 0.611. The van der Waals surface area contributed by atoms with Crippen LogP contribution in [0.5, 0.6) is 0 Å². The van der Waals surface area contributed by atoms with E-state index in [0.717, 1.165) is 15.6 Å². The van der Waals surface area contributed by atoms with E-state index in [0.29, 0.717) is 23.6 Å². The Morgan fingerprint density at radius 2 is 1.79 bits per heavy atom. The molecule has 0 heterocycles. The van der Waals surface area contributed by atoms with Crippen LogP contribution in [0, 0.1) is 0 Å². The summed E-state index contributed by atoms with van der Waals surface area (Å²) in [6.07, 6.45) is 0.739. The van der Waals surface area contributed by atoms with Crippen molar-refractivity contribution in [2.45, 2.75) is 12.8 Å². The summed E-state index contributed by atoms with van der Waals surface area (Å²) in [5.41, 5.74) is 8.13. The summed E-state index contributed by atoms with van der Waals surface area (Å²) in [4.78, 5) is 12.0. The first kappa shape index (κ1) is 14.1. The molecule has 0 spiro atoms. The van der Waals surface area contributed by atoms with Crippen molar-refractivity contribution in [2.24, 2.45) is 0 Å². The molecule has 98 valence electrons. The summed E-state index contributed by atoms with van der Waals surface area (Å²) in [6, 6.07) is 12.9. The van der Waals surface area contributed by atoms with Gasteiger partial charge in [-0.05, 0) is 35.4 Å². The molecule has 0 aliphatic carbocycles. The van der Waals surface area contributed by atoms with E-state index in [1.807, 2.05) is 24.3 Å². The van der Waals surface area contributed by atoms with Gasteiger partial charge in [0, 0.05) is 28.0 Å². The Balaban J connectivity index is 2.03. The lowest BCUT2D eigenvalue weighted by Gasteiger charge is -2.05. The molecule has 0 saturated carbocycles. The van der Waals surface area contributed by atoms with Gasteiger partial charge in [0.25, 0.3) is 0 Å². The minimum atomic E-state index is 0.133. The first-order valence-electron chi connectivity index (χ1n) is 5.84. The zero-order valence-corrected chi connectivity index (χ0v) is 12.5. The fourth-order valence-corrected chi connectivity index (χ4v) is 2.54. The standard InChI is InChI=1S/C15H13BrClNO/c16-12-4-3-11(15(17)9-12)8-14(19)7-10-1-5-13(18)6-2-10/h1-6,9H,7-8,18H2. The SMILES string of the molecule is Nc1ccc(CC(=O)Cc2ccc(Br)cc2Cl)cc1. The van der Waals surface area contributed by atoms with E-state index < -0.39 is 0 Å². The van der Waals surface area contributed by atoms with E-state index in [1.54, 1.807) is 18.2 Å². The molecular formula is C15H13BrClNO. The Labute approximate surface area is 125 Å². The molecule has 2 aromatic carbocycles. The number of Topliss-reactive ketones (excluding diaryl/α,β-unsaturated/α-hetero) is 1. The third-order valence-corrected chi connectivity index (χ3v) is 3.63. The molecule has 2 aromatic rings. The van der Waals surface area contributed by atoms with Gasteiger partial charge in [-0.15, -0.1) is 0 Å². The Bertz CT molecular complexity index is 596. The second-order valence-corrected chi connectivity index (χ2v) is 5.69. The van der Waals surface area contributed by atoms with Crippen molar-refractivity contribution < 1.29 is 4.79 Å². The van der Waals surface area contributed by atoms with Crippen LogP contribution in [0.25, 0.3) is 0 Å². The van der Waals surface area contributed by atoms with Crippen LogP contribution in [0.4, 0.5) is 5.69 Å². The van der Waals surface area contributed by atoms with Gasteiger partial charge in [-0.2, -0.15) is 0 Å². The van der Waals surface area contributed by atoms with Crippen molar-refractivity contribution in [2.75, 3.05) is 5.73 Å². The number of rotatable bonds is 4. The number of anilines is 1. The van der Waals surface area contributed by atoms with Crippen molar-refractivity contribution in [3.8, 4) is 0 Å². The molecule has 0 fully saturated rings. The van der Waals surface area contributed by atoms with Crippen LogP contribution in [0.2, 0.25) is 5.02 Å². The second-order valence-electron chi connectivity index (χ2n) is 4.37. The van der Waals surface area contributed by atoms with Gasteiger partial charge in [0.2, 0.25) is 0 Å². The molecule has 0 aliphatic rings. The van der Waals surface area contributed by atoms with Gasteiger partial charge in [0.1, 0.15) is 5.78 Å². The van der Waals surface area contributed by atoms with E-state index in [1.165, 1.54) is 0 Å². The number of nitrogens with two attached hydrogens (primary N) is 1. The Hall–Kier alpha value is -1.32. The van der Waals surface area contributed by atoms with Gasteiger partial charge in [0.15, 0.2) is 0 Å². The monoisotopic (exact) mass is 337 g/mol. The normalized spacial score (nSPS) is 10.4. The predicted octanol–water partition coefficient (Wildman–Crippen LogP) is 4.04. The van der Waals surface area contributed by atoms with Gasteiger partial charge < -0.3 is 5.73 Å². The smallest absolute Gasteiger partial charge is 0.141 e. The summed E-state index contributed by atoms with van der Waals surface area (Å²) in [6.45, 7) is 0.